The average molecular weight is 234 g/mol. The molecule has 1 aromatic carbocycles. The quantitative estimate of drug-likeness (QED) is 0.634. The number of nitrogens with two attached hydrogens (primary N) is 1. The maximum atomic E-state index is 5.65. The van der Waals surface area contributed by atoms with E-state index in [1.807, 2.05) is 28.8 Å². The van der Waals surface area contributed by atoms with Crippen LogP contribution in [0.1, 0.15) is 13.3 Å². The fraction of sp³-hybridized carbons (Fsp3) is 0.273. The fourth-order valence-corrected chi connectivity index (χ4v) is 1.82. The van der Waals surface area contributed by atoms with Gasteiger partial charge in [0.25, 0.3) is 0 Å². The molecular weight excluding hydrogens is 220 g/mol. The first-order valence-electron chi connectivity index (χ1n) is 5.23. The molecule has 5 heteroatoms. The molecule has 0 amide bonds. The molecule has 0 radical (unpaired) electrons. The summed E-state index contributed by atoms with van der Waals surface area (Å²) in [6.45, 7) is 2.98. The first-order valence-corrected chi connectivity index (χ1v) is 5.64. The van der Waals surface area contributed by atoms with Gasteiger partial charge in [-0.15, -0.1) is 0 Å². The Labute approximate surface area is 99.1 Å². The third-order valence-corrected chi connectivity index (χ3v) is 2.69. The summed E-state index contributed by atoms with van der Waals surface area (Å²) in [5.41, 5.74) is 7.42. The summed E-state index contributed by atoms with van der Waals surface area (Å²) < 4.78 is 2.66. The van der Waals surface area contributed by atoms with E-state index in [0.717, 1.165) is 30.0 Å². The van der Waals surface area contributed by atoms with Crippen LogP contribution in [0, 0.1) is 4.77 Å². The minimum atomic E-state index is 0.661. The molecular formula is C11H14N4S. The summed E-state index contributed by atoms with van der Waals surface area (Å²) in [5, 5.41) is 7.06. The molecule has 1 heterocycles. The number of aromatic nitrogens is 3. The molecule has 0 aliphatic rings. The molecule has 2 aromatic rings. The maximum absolute atomic E-state index is 5.65. The molecule has 0 aliphatic heterocycles. The van der Waals surface area contributed by atoms with E-state index in [2.05, 4.69) is 17.1 Å². The lowest BCUT2D eigenvalue weighted by Gasteiger charge is -2.04. The van der Waals surface area contributed by atoms with Gasteiger partial charge >= 0.3 is 0 Å². The summed E-state index contributed by atoms with van der Waals surface area (Å²) in [4.78, 5) is 0. The highest BCUT2D eigenvalue weighted by Crippen LogP contribution is 2.18. The van der Waals surface area contributed by atoms with Crippen molar-refractivity contribution in [3.8, 4) is 11.4 Å². The van der Waals surface area contributed by atoms with E-state index in [1.54, 1.807) is 0 Å². The summed E-state index contributed by atoms with van der Waals surface area (Å²) >= 11 is 5.18. The Kier molecular flexibility index (Phi) is 3.05. The summed E-state index contributed by atoms with van der Waals surface area (Å²) in [5.74, 6) is 0.867. The molecule has 0 saturated carbocycles. The Morgan fingerprint density at radius 2 is 2.06 bits per heavy atom. The van der Waals surface area contributed by atoms with Gasteiger partial charge in [0.15, 0.2) is 10.6 Å². The van der Waals surface area contributed by atoms with Gasteiger partial charge < -0.3 is 10.3 Å². The minimum absolute atomic E-state index is 0.661. The maximum Gasteiger partial charge on any atom is 0.195 e. The predicted molar refractivity (Wildman–Crippen MR) is 67.6 cm³/mol. The van der Waals surface area contributed by atoms with Gasteiger partial charge in [0.1, 0.15) is 0 Å². The molecule has 3 N–H and O–H groups in total. The van der Waals surface area contributed by atoms with Gasteiger partial charge in [-0.2, -0.15) is 5.10 Å². The summed E-state index contributed by atoms with van der Waals surface area (Å²) in [6, 6.07) is 7.63. The van der Waals surface area contributed by atoms with Crippen LogP contribution in [0.5, 0.6) is 0 Å². The molecule has 0 saturated heterocycles. The minimum Gasteiger partial charge on any atom is -0.399 e. The van der Waals surface area contributed by atoms with Crippen LogP contribution in [0.4, 0.5) is 5.69 Å². The van der Waals surface area contributed by atoms with E-state index in [4.69, 9.17) is 18.0 Å². The highest BCUT2D eigenvalue weighted by molar-refractivity contribution is 7.71. The first-order chi connectivity index (χ1) is 7.72. The molecule has 4 nitrogen and oxygen atoms in total. The lowest BCUT2D eigenvalue weighted by Crippen LogP contribution is -1.99. The number of anilines is 1. The molecule has 0 aliphatic carbocycles. The molecule has 84 valence electrons. The van der Waals surface area contributed by atoms with E-state index in [1.165, 1.54) is 0 Å². The number of nitrogen functional groups attached to an aromatic ring is 1. The zero-order valence-electron chi connectivity index (χ0n) is 9.10. The number of hydrogen-bond donors (Lipinski definition) is 2. The second kappa shape index (κ2) is 4.49. The molecule has 0 atom stereocenters. The van der Waals surface area contributed by atoms with Gasteiger partial charge in [-0.1, -0.05) is 6.92 Å². The number of benzene rings is 1. The van der Waals surface area contributed by atoms with Crippen molar-refractivity contribution in [2.24, 2.45) is 0 Å². The van der Waals surface area contributed by atoms with Crippen molar-refractivity contribution in [2.75, 3.05) is 5.73 Å². The number of H-pyrrole nitrogens is 1. The Morgan fingerprint density at radius 3 is 2.69 bits per heavy atom. The van der Waals surface area contributed by atoms with Crippen LogP contribution in [0.2, 0.25) is 0 Å². The number of nitrogens with zero attached hydrogens (tertiary/aromatic N) is 2. The van der Waals surface area contributed by atoms with Gasteiger partial charge in [0.05, 0.1) is 0 Å². The molecule has 0 fully saturated rings. The largest absolute Gasteiger partial charge is 0.399 e. The van der Waals surface area contributed by atoms with Crippen LogP contribution in [-0.2, 0) is 6.54 Å². The SMILES string of the molecule is CCCn1c(-c2ccc(N)cc2)n[nH]c1=S. The Hall–Kier alpha value is -1.62. The van der Waals surface area contributed by atoms with Gasteiger partial charge in [0, 0.05) is 17.8 Å². The van der Waals surface area contributed by atoms with Gasteiger partial charge in [0.2, 0.25) is 0 Å². The molecule has 1 aromatic heterocycles. The van der Waals surface area contributed by atoms with Crippen molar-refractivity contribution < 1.29 is 0 Å². The number of rotatable bonds is 3. The van der Waals surface area contributed by atoms with Crippen molar-refractivity contribution in [1.29, 1.82) is 0 Å². The summed E-state index contributed by atoms with van der Waals surface area (Å²) in [6.07, 6.45) is 1.02. The second-order valence-electron chi connectivity index (χ2n) is 3.63. The Bertz CT molecular complexity index is 524. The Morgan fingerprint density at radius 1 is 1.38 bits per heavy atom. The highest BCUT2D eigenvalue weighted by atomic mass is 32.1. The average Bonchev–Trinajstić information content (AvgIpc) is 2.63. The number of aromatic amines is 1. The van der Waals surface area contributed by atoms with Crippen LogP contribution in [0.3, 0.4) is 0 Å². The molecule has 2 rings (SSSR count). The third-order valence-electron chi connectivity index (χ3n) is 2.37. The van der Waals surface area contributed by atoms with Crippen molar-refractivity contribution in [3.63, 3.8) is 0 Å². The lowest BCUT2D eigenvalue weighted by molar-refractivity contribution is 0.675. The van der Waals surface area contributed by atoms with E-state index in [-0.39, 0.29) is 0 Å². The van der Waals surface area contributed by atoms with Gasteiger partial charge in [-0.05, 0) is 42.9 Å². The van der Waals surface area contributed by atoms with Crippen molar-refractivity contribution in [2.45, 2.75) is 19.9 Å². The smallest absolute Gasteiger partial charge is 0.195 e. The fourth-order valence-electron chi connectivity index (χ4n) is 1.60. The third kappa shape index (κ3) is 1.99. The van der Waals surface area contributed by atoms with E-state index < -0.39 is 0 Å². The van der Waals surface area contributed by atoms with Crippen molar-refractivity contribution in [3.05, 3.63) is 29.0 Å². The van der Waals surface area contributed by atoms with E-state index >= 15 is 0 Å². The lowest BCUT2D eigenvalue weighted by atomic mass is 10.2. The van der Waals surface area contributed by atoms with Gasteiger partial charge in [-0.3, -0.25) is 5.10 Å². The summed E-state index contributed by atoms with van der Waals surface area (Å²) in [7, 11) is 0. The van der Waals surface area contributed by atoms with Crippen molar-refractivity contribution in [1.82, 2.24) is 14.8 Å². The van der Waals surface area contributed by atoms with Crippen molar-refractivity contribution >= 4 is 17.9 Å². The van der Waals surface area contributed by atoms with E-state index in [9.17, 15) is 0 Å². The van der Waals surface area contributed by atoms with Crippen LogP contribution in [0.25, 0.3) is 11.4 Å². The number of nitrogens with one attached hydrogen (secondary N) is 1. The monoisotopic (exact) mass is 234 g/mol. The van der Waals surface area contributed by atoms with Crippen LogP contribution >= 0.6 is 12.2 Å². The normalized spacial score (nSPS) is 10.6. The molecule has 0 unspecified atom stereocenters. The molecule has 0 bridgehead atoms. The van der Waals surface area contributed by atoms with Gasteiger partial charge in [-0.25, -0.2) is 0 Å². The predicted octanol–water partition coefficient (Wildman–Crippen LogP) is 2.60. The zero-order chi connectivity index (χ0) is 11.5. The molecule has 0 spiro atoms. The zero-order valence-corrected chi connectivity index (χ0v) is 9.92. The highest BCUT2D eigenvalue weighted by Gasteiger charge is 2.07. The van der Waals surface area contributed by atoms with Crippen LogP contribution < -0.4 is 5.73 Å². The van der Waals surface area contributed by atoms with Crippen LogP contribution in [-0.4, -0.2) is 14.8 Å². The molecule has 16 heavy (non-hydrogen) atoms. The second-order valence-corrected chi connectivity index (χ2v) is 4.01. The van der Waals surface area contributed by atoms with E-state index in [0.29, 0.717) is 4.77 Å². The number of hydrogen-bond acceptors (Lipinski definition) is 3. The first kappa shape index (κ1) is 10.9. The Balaban J connectivity index is 2.47. The topological polar surface area (TPSA) is 59.6 Å². The standard InChI is InChI=1S/C11H14N4S/c1-2-7-15-10(13-14-11(15)16)8-3-5-9(12)6-4-8/h3-6H,2,7,12H2,1H3,(H,14,16). The van der Waals surface area contributed by atoms with Crippen LogP contribution in [0.15, 0.2) is 24.3 Å².